The molecule has 5 heteroatoms. The third-order valence-corrected chi connectivity index (χ3v) is 1.50. The van der Waals surface area contributed by atoms with Crippen LogP contribution >= 0.6 is 12.2 Å². The van der Waals surface area contributed by atoms with Gasteiger partial charge < -0.3 is 11.1 Å². The number of amides is 1. The van der Waals surface area contributed by atoms with Crippen molar-refractivity contribution in [2.45, 2.75) is 33.2 Å². The fourth-order valence-electron chi connectivity index (χ4n) is 0.584. The van der Waals surface area contributed by atoms with Gasteiger partial charge in [0, 0.05) is 12.5 Å². The summed E-state index contributed by atoms with van der Waals surface area (Å²) in [5.41, 5.74) is 5.42. The second-order valence-corrected chi connectivity index (χ2v) is 3.28. The van der Waals surface area contributed by atoms with Crippen molar-refractivity contribution in [3.05, 3.63) is 0 Å². The third-order valence-electron chi connectivity index (χ3n) is 1.22. The molecule has 0 bridgehead atoms. The lowest BCUT2D eigenvalue weighted by atomic mass is 10.4. The SMILES string of the molecule is CCC(N)=NC(=S)C(=O)NC(C)C. The molecule has 0 fully saturated rings. The van der Waals surface area contributed by atoms with Gasteiger partial charge in [-0.25, -0.2) is 4.99 Å². The average Bonchev–Trinajstić information content (AvgIpc) is 2.02. The molecule has 0 aliphatic heterocycles. The molecule has 1 amide bonds. The van der Waals surface area contributed by atoms with Crippen molar-refractivity contribution in [3.63, 3.8) is 0 Å². The Kier molecular flexibility index (Phi) is 5.22. The summed E-state index contributed by atoms with van der Waals surface area (Å²) >= 11 is 4.76. The van der Waals surface area contributed by atoms with Gasteiger partial charge in [-0.15, -0.1) is 0 Å². The first-order chi connectivity index (χ1) is 5.97. The van der Waals surface area contributed by atoms with Crippen molar-refractivity contribution < 1.29 is 4.79 Å². The van der Waals surface area contributed by atoms with Gasteiger partial charge in [0.15, 0.2) is 4.99 Å². The Balaban J connectivity index is 4.20. The molecule has 13 heavy (non-hydrogen) atoms. The molecule has 0 unspecified atom stereocenters. The highest BCUT2D eigenvalue weighted by Crippen LogP contribution is 1.87. The Bertz CT molecular complexity index is 236. The van der Waals surface area contributed by atoms with Gasteiger partial charge in [-0.2, -0.15) is 0 Å². The van der Waals surface area contributed by atoms with Crippen LogP contribution in [-0.2, 0) is 4.79 Å². The topological polar surface area (TPSA) is 67.5 Å². The molecule has 74 valence electrons. The van der Waals surface area contributed by atoms with E-state index in [4.69, 9.17) is 18.0 Å². The number of carbonyl (C=O) groups is 1. The van der Waals surface area contributed by atoms with Crippen LogP contribution in [0.5, 0.6) is 0 Å². The third kappa shape index (κ3) is 5.30. The standard InChI is InChI=1S/C8H15N3OS/c1-4-6(9)11-8(13)7(12)10-5(2)3/h5H,4H2,1-3H3,(H,10,12)(H2,9,11,13). The summed E-state index contributed by atoms with van der Waals surface area (Å²) in [7, 11) is 0. The Morgan fingerprint density at radius 3 is 2.54 bits per heavy atom. The van der Waals surface area contributed by atoms with Crippen LogP contribution in [0.25, 0.3) is 0 Å². The summed E-state index contributed by atoms with van der Waals surface area (Å²) in [5, 5.41) is 2.63. The van der Waals surface area contributed by atoms with Crippen molar-refractivity contribution >= 4 is 28.9 Å². The number of nitrogens with two attached hydrogens (primary N) is 1. The molecule has 0 aliphatic rings. The summed E-state index contributed by atoms with van der Waals surface area (Å²) in [5.74, 6) is 0.0327. The summed E-state index contributed by atoms with van der Waals surface area (Å²) in [6.45, 7) is 5.56. The smallest absolute Gasteiger partial charge is 0.281 e. The van der Waals surface area contributed by atoms with E-state index in [0.29, 0.717) is 12.3 Å². The Hall–Kier alpha value is -0.970. The molecule has 0 heterocycles. The monoisotopic (exact) mass is 201 g/mol. The minimum Gasteiger partial charge on any atom is -0.387 e. The molecular formula is C8H15N3OS. The van der Waals surface area contributed by atoms with Crippen LogP contribution in [0.2, 0.25) is 0 Å². The van der Waals surface area contributed by atoms with Gasteiger partial charge in [0.25, 0.3) is 5.91 Å². The number of nitrogens with one attached hydrogen (secondary N) is 1. The number of hydrogen-bond donors (Lipinski definition) is 2. The van der Waals surface area contributed by atoms with Crippen LogP contribution in [0.1, 0.15) is 27.2 Å². The fraction of sp³-hybridized carbons (Fsp3) is 0.625. The first-order valence-corrected chi connectivity index (χ1v) is 4.56. The summed E-state index contributed by atoms with van der Waals surface area (Å²) in [6, 6.07) is 0.0588. The van der Waals surface area contributed by atoms with Gasteiger partial charge in [0.05, 0.1) is 0 Å². The first kappa shape index (κ1) is 12.0. The zero-order valence-corrected chi connectivity index (χ0v) is 8.94. The lowest BCUT2D eigenvalue weighted by Crippen LogP contribution is -2.35. The van der Waals surface area contributed by atoms with E-state index in [9.17, 15) is 4.79 Å². The van der Waals surface area contributed by atoms with Gasteiger partial charge in [-0.3, -0.25) is 4.79 Å². The highest BCUT2D eigenvalue weighted by atomic mass is 32.1. The van der Waals surface area contributed by atoms with Gasteiger partial charge in [-0.1, -0.05) is 19.1 Å². The minimum absolute atomic E-state index is 0.00644. The van der Waals surface area contributed by atoms with E-state index < -0.39 is 0 Å². The Morgan fingerprint density at radius 2 is 2.15 bits per heavy atom. The fourth-order valence-corrected chi connectivity index (χ4v) is 0.760. The molecule has 0 radical (unpaired) electrons. The largest absolute Gasteiger partial charge is 0.387 e. The predicted octanol–water partition coefficient (Wildman–Crippen LogP) is 0.606. The lowest BCUT2D eigenvalue weighted by Gasteiger charge is -2.06. The van der Waals surface area contributed by atoms with E-state index >= 15 is 0 Å². The van der Waals surface area contributed by atoms with Gasteiger partial charge in [0.2, 0.25) is 0 Å². The van der Waals surface area contributed by atoms with Crippen molar-refractivity contribution in [1.82, 2.24) is 5.32 Å². The zero-order valence-electron chi connectivity index (χ0n) is 8.13. The molecule has 0 aliphatic carbocycles. The number of carbonyl (C=O) groups excluding carboxylic acids is 1. The molecule has 0 atom stereocenters. The molecule has 0 aromatic carbocycles. The van der Waals surface area contributed by atoms with Gasteiger partial charge in [-0.05, 0) is 13.8 Å². The Labute approximate surface area is 83.6 Å². The number of hydrogen-bond acceptors (Lipinski definition) is 2. The minimum atomic E-state index is -0.346. The maximum absolute atomic E-state index is 11.2. The molecule has 0 aromatic rings. The first-order valence-electron chi connectivity index (χ1n) is 4.15. The molecular weight excluding hydrogens is 186 g/mol. The summed E-state index contributed by atoms with van der Waals surface area (Å²) in [4.78, 5) is 14.9. The normalized spacial score (nSPS) is 11.5. The van der Waals surface area contributed by atoms with Crippen molar-refractivity contribution in [1.29, 1.82) is 0 Å². The van der Waals surface area contributed by atoms with Crippen molar-refractivity contribution in [2.75, 3.05) is 0 Å². The predicted molar refractivity (Wildman–Crippen MR) is 57.8 cm³/mol. The van der Waals surface area contributed by atoms with Crippen LogP contribution in [0.15, 0.2) is 4.99 Å². The molecule has 0 saturated heterocycles. The maximum Gasteiger partial charge on any atom is 0.281 e. The van der Waals surface area contributed by atoms with E-state index in [-0.39, 0.29) is 16.9 Å². The molecule has 0 spiro atoms. The van der Waals surface area contributed by atoms with Crippen LogP contribution < -0.4 is 11.1 Å². The van der Waals surface area contributed by atoms with Crippen LogP contribution in [0.4, 0.5) is 0 Å². The number of aliphatic imine (C=N–C) groups is 1. The van der Waals surface area contributed by atoms with E-state index in [1.807, 2.05) is 20.8 Å². The number of nitrogens with zero attached hydrogens (tertiary/aromatic N) is 1. The average molecular weight is 201 g/mol. The maximum atomic E-state index is 11.2. The van der Waals surface area contributed by atoms with Gasteiger partial charge in [0.1, 0.15) is 5.84 Å². The van der Waals surface area contributed by atoms with Crippen molar-refractivity contribution in [2.24, 2.45) is 10.7 Å². The second-order valence-electron chi connectivity index (χ2n) is 2.89. The highest BCUT2D eigenvalue weighted by Gasteiger charge is 2.08. The second kappa shape index (κ2) is 5.64. The molecule has 0 rings (SSSR count). The number of amidine groups is 1. The van der Waals surface area contributed by atoms with Crippen LogP contribution in [0.3, 0.4) is 0 Å². The molecule has 0 aromatic heterocycles. The highest BCUT2D eigenvalue weighted by molar-refractivity contribution is 7.82. The summed E-state index contributed by atoms with van der Waals surface area (Å²) in [6.07, 6.45) is 0.592. The number of rotatable bonds is 2. The summed E-state index contributed by atoms with van der Waals surface area (Å²) < 4.78 is 0. The lowest BCUT2D eigenvalue weighted by molar-refractivity contribution is -0.115. The van der Waals surface area contributed by atoms with Gasteiger partial charge >= 0.3 is 0 Å². The zero-order chi connectivity index (χ0) is 10.4. The quantitative estimate of drug-likeness (QED) is 0.391. The van der Waals surface area contributed by atoms with Crippen LogP contribution in [0, 0.1) is 0 Å². The van der Waals surface area contributed by atoms with Crippen molar-refractivity contribution in [3.8, 4) is 0 Å². The number of thiocarbonyl (C=S) groups is 1. The molecule has 4 nitrogen and oxygen atoms in total. The van der Waals surface area contributed by atoms with E-state index in [1.54, 1.807) is 0 Å². The Morgan fingerprint density at radius 1 is 1.62 bits per heavy atom. The van der Waals surface area contributed by atoms with E-state index in [2.05, 4.69) is 10.3 Å². The van der Waals surface area contributed by atoms with E-state index in [0.717, 1.165) is 0 Å². The van der Waals surface area contributed by atoms with E-state index in [1.165, 1.54) is 0 Å². The molecule has 0 saturated carbocycles. The van der Waals surface area contributed by atoms with Crippen LogP contribution in [-0.4, -0.2) is 22.8 Å². The molecule has 3 N–H and O–H groups in total.